The second-order valence-electron chi connectivity index (χ2n) is 4.44. The number of hydrogen-bond donors (Lipinski definition) is 0. The predicted octanol–water partition coefficient (Wildman–Crippen LogP) is 1.72. The van der Waals surface area contributed by atoms with E-state index in [-0.39, 0.29) is 11.2 Å². The molecule has 0 fully saturated rings. The Bertz CT molecular complexity index is 330. The summed E-state index contributed by atoms with van der Waals surface area (Å²) in [7, 11) is 1.53. The summed E-state index contributed by atoms with van der Waals surface area (Å²) in [5.74, 6) is -0.127. The summed E-state index contributed by atoms with van der Waals surface area (Å²) in [6.45, 7) is 5.86. The molecule has 0 aliphatic heterocycles. The first-order chi connectivity index (χ1) is 6.96. The van der Waals surface area contributed by atoms with Crippen molar-refractivity contribution < 1.29 is 9.53 Å². The summed E-state index contributed by atoms with van der Waals surface area (Å²) in [5, 5.41) is 0. The molecule has 1 heterocycles. The van der Waals surface area contributed by atoms with E-state index in [1.54, 1.807) is 0 Å². The van der Waals surface area contributed by atoms with Crippen LogP contribution in [0.3, 0.4) is 0 Å². The highest BCUT2D eigenvalue weighted by molar-refractivity contribution is 5.98. The smallest absolute Gasteiger partial charge is 0.211 e. The van der Waals surface area contributed by atoms with Crippen molar-refractivity contribution >= 4 is 5.78 Å². The van der Waals surface area contributed by atoms with Gasteiger partial charge in [-0.15, -0.1) is 0 Å². The molecular weight excluding hydrogens is 192 g/mol. The van der Waals surface area contributed by atoms with Gasteiger partial charge >= 0.3 is 0 Å². The Kier molecular flexibility index (Phi) is 3.52. The van der Waals surface area contributed by atoms with E-state index in [4.69, 9.17) is 4.74 Å². The van der Waals surface area contributed by atoms with E-state index in [9.17, 15) is 4.79 Å². The van der Waals surface area contributed by atoms with Crippen LogP contribution in [0.2, 0.25) is 0 Å². The molecule has 0 radical (unpaired) electrons. The normalized spacial score (nSPS) is 13.6. The van der Waals surface area contributed by atoms with Crippen molar-refractivity contribution in [1.29, 1.82) is 0 Å². The second-order valence-corrected chi connectivity index (χ2v) is 4.44. The fraction of sp³-hybridized carbons (Fsp3) is 0.545. The fourth-order valence-electron chi connectivity index (χ4n) is 1.41. The summed E-state index contributed by atoms with van der Waals surface area (Å²) in [5.41, 5.74) is 0.0999. The second kappa shape index (κ2) is 4.49. The summed E-state index contributed by atoms with van der Waals surface area (Å²) in [6.07, 6.45) is 4.01. The summed E-state index contributed by atoms with van der Waals surface area (Å²) in [6, 6.07) is 0. The highest BCUT2D eigenvalue weighted by atomic mass is 16.5. The molecule has 0 aromatic carbocycles. The molecule has 0 saturated carbocycles. The highest BCUT2D eigenvalue weighted by Crippen LogP contribution is 2.24. The van der Waals surface area contributed by atoms with Crippen LogP contribution < -0.4 is 0 Å². The Morgan fingerprint density at radius 1 is 1.40 bits per heavy atom. The van der Waals surface area contributed by atoms with Gasteiger partial charge in [0.2, 0.25) is 5.78 Å². The van der Waals surface area contributed by atoms with Crippen molar-refractivity contribution in [2.24, 2.45) is 5.41 Å². The summed E-state index contributed by atoms with van der Waals surface area (Å²) in [4.78, 5) is 19.8. The van der Waals surface area contributed by atoms with E-state index in [1.807, 2.05) is 20.8 Å². The quantitative estimate of drug-likeness (QED) is 0.710. The van der Waals surface area contributed by atoms with E-state index < -0.39 is 6.10 Å². The average Bonchev–Trinajstić information content (AvgIpc) is 2.18. The van der Waals surface area contributed by atoms with Crippen LogP contribution in [0, 0.1) is 5.41 Å². The Labute approximate surface area is 89.7 Å². The van der Waals surface area contributed by atoms with Gasteiger partial charge in [0.25, 0.3) is 0 Å². The van der Waals surface area contributed by atoms with Gasteiger partial charge in [-0.2, -0.15) is 0 Å². The largest absolute Gasteiger partial charge is 0.373 e. The number of aromatic nitrogens is 2. The Morgan fingerprint density at radius 3 is 2.47 bits per heavy atom. The molecule has 0 aliphatic carbocycles. The Balaban J connectivity index is 2.93. The lowest BCUT2D eigenvalue weighted by atomic mass is 9.85. The van der Waals surface area contributed by atoms with Crippen LogP contribution in [0.25, 0.3) is 0 Å². The molecule has 0 N–H and O–H groups in total. The van der Waals surface area contributed by atoms with Crippen LogP contribution in [0.15, 0.2) is 18.6 Å². The lowest BCUT2D eigenvalue weighted by Gasteiger charge is -2.27. The lowest BCUT2D eigenvalue weighted by molar-refractivity contribution is 0.0191. The van der Waals surface area contributed by atoms with Crippen LogP contribution >= 0.6 is 0 Å². The van der Waals surface area contributed by atoms with Gasteiger partial charge in [-0.05, 0) is 5.41 Å². The van der Waals surface area contributed by atoms with E-state index >= 15 is 0 Å². The number of hydrogen-bond acceptors (Lipinski definition) is 4. The Hall–Kier alpha value is -1.29. The van der Waals surface area contributed by atoms with Gasteiger partial charge in [0.15, 0.2) is 0 Å². The highest BCUT2D eigenvalue weighted by Gasteiger charge is 2.32. The van der Waals surface area contributed by atoms with Crippen LogP contribution in [0.4, 0.5) is 0 Å². The van der Waals surface area contributed by atoms with Gasteiger partial charge < -0.3 is 4.74 Å². The molecule has 4 heteroatoms. The molecule has 1 unspecified atom stereocenters. The van der Waals surface area contributed by atoms with Crippen LogP contribution in [0.5, 0.6) is 0 Å². The zero-order valence-corrected chi connectivity index (χ0v) is 9.52. The molecule has 4 nitrogen and oxygen atoms in total. The molecule has 0 bridgehead atoms. The number of ether oxygens (including phenoxy) is 1. The maximum absolute atomic E-state index is 12.0. The number of carbonyl (C=O) groups excluding carboxylic acids is 1. The molecule has 0 aliphatic rings. The zero-order valence-electron chi connectivity index (χ0n) is 9.52. The van der Waals surface area contributed by atoms with Crippen molar-refractivity contribution in [2.45, 2.75) is 26.9 Å². The van der Waals surface area contributed by atoms with E-state index in [0.717, 1.165) is 0 Å². The SMILES string of the molecule is COC(C(=O)c1cnccn1)C(C)(C)C. The number of Topliss-reactive ketones (excluding diaryl/α,β-unsaturated/α-hetero) is 1. The van der Waals surface area contributed by atoms with E-state index in [0.29, 0.717) is 5.69 Å². The third-order valence-corrected chi connectivity index (χ3v) is 2.08. The lowest BCUT2D eigenvalue weighted by Crippen LogP contribution is -2.36. The van der Waals surface area contributed by atoms with Gasteiger partial charge in [-0.25, -0.2) is 4.98 Å². The molecule has 82 valence electrons. The molecule has 0 amide bonds. The van der Waals surface area contributed by atoms with E-state index in [1.165, 1.54) is 25.7 Å². The first kappa shape index (κ1) is 11.8. The number of methoxy groups -OCH3 is 1. The van der Waals surface area contributed by atoms with Gasteiger partial charge in [-0.1, -0.05) is 20.8 Å². The van der Waals surface area contributed by atoms with Gasteiger partial charge in [0.1, 0.15) is 11.8 Å². The number of rotatable bonds is 3. The third kappa shape index (κ3) is 2.83. The molecule has 1 atom stereocenters. The minimum atomic E-state index is -0.491. The average molecular weight is 208 g/mol. The van der Waals surface area contributed by atoms with Gasteiger partial charge in [0, 0.05) is 19.5 Å². The molecule has 1 aromatic rings. The fourth-order valence-corrected chi connectivity index (χ4v) is 1.41. The van der Waals surface area contributed by atoms with Crippen LogP contribution in [-0.4, -0.2) is 29.0 Å². The number of nitrogens with zero attached hydrogens (tertiary/aromatic N) is 2. The number of carbonyl (C=O) groups is 1. The summed E-state index contributed by atoms with van der Waals surface area (Å²) < 4.78 is 5.21. The topological polar surface area (TPSA) is 52.1 Å². The number of ketones is 1. The molecular formula is C11H16N2O2. The minimum absolute atomic E-state index is 0.127. The van der Waals surface area contributed by atoms with Crippen molar-refractivity contribution in [3.63, 3.8) is 0 Å². The monoisotopic (exact) mass is 208 g/mol. The predicted molar refractivity (Wildman–Crippen MR) is 56.6 cm³/mol. The zero-order chi connectivity index (χ0) is 11.5. The molecule has 0 saturated heterocycles. The first-order valence-corrected chi connectivity index (χ1v) is 4.80. The molecule has 0 spiro atoms. The molecule has 15 heavy (non-hydrogen) atoms. The van der Waals surface area contributed by atoms with Crippen molar-refractivity contribution in [2.75, 3.05) is 7.11 Å². The molecule has 1 aromatic heterocycles. The van der Waals surface area contributed by atoms with Crippen molar-refractivity contribution in [3.8, 4) is 0 Å². The standard InChI is InChI=1S/C11H16N2O2/c1-11(2,3)10(15-4)9(14)8-7-12-5-6-13-8/h5-7,10H,1-4H3. The Morgan fingerprint density at radius 2 is 2.07 bits per heavy atom. The van der Waals surface area contributed by atoms with Crippen molar-refractivity contribution in [1.82, 2.24) is 9.97 Å². The van der Waals surface area contributed by atoms with Gasteiger partial charge in [0.05, 0.1) is 6.20 Å². The minimum Gasteiger partial charge on any atom is -0.373 e. The third-order valence-electron chi connectivity index (χ3n) is 2.08. The summed E-state index contributed by atoms with van der Waals surface area (Å²) >= 11 is 0. The maximum Gasteiger partial charge on any atom is 0.211 e. The van der Waals surface area contributed by atoms with Crippen molar-refractivity contribution in [3.05, 3.63) is 24.3 Å². The van der Waals surface area contributed by atoms with Crippen LogP contribution in [-0.2, 0) is 4.74 Å². The maximum atomic E-state index is 12.0. The first-order valence-electron chi connectivity index (χ1n) is 4.80. The van der Waals surface area contributed by atoms with E-state index in [2.05, 4.69) is 9.97 Å². The van der Waals surface area contributed by atoms with Crippen LogP contribution in [0.1, 0.15) is 31.3 Å². The van der Waals surface area contributed by atoms with Gasteiger partial charge in [-0.3, -0.25) is 9.78 Å². The molecule has 1 rings (SSSR count).